The highest BCUT2D eigenvalue weighted by Gasteiger charge is 2.23. The SMILES string of the molecule is CCOC(=O)N1CCC(=NNc2c(Cl)c(Cl)nc(C(=O)O)c2Cl)CC1. The smallest absolute Gasteiger partial charge is 0.409 e. The van der Waals surface area contributed by atoms with Crippen LogP contribution in [0.5, 0.6) is 0 Å². The zero-order chi connectivity index (χ0) is 18.6. The summed E-state index contributed by atoms with van der Waals surface area (Å²) in [5.41, 5.74) is 3.08. The van der Waals surface area contributed by atoms with Gasteiger partial charge in [0, 0.05) is 31.6 Å². The van der Waals surface area contributed by atoms with Gasteiger partial charge in [0.05, 0.1) is 12.3 Å². The number of rotatable bonds is 4. The Morgan fingerprint density at radius 1 is 1.28 bits per heavy atom. The van der Waals surface area contributed by atoms with Gasteiger partial charge in [0.1, 0.15) is 10.0 Å². The minimum Gasteiger partial charge on any atom is -0.476 e. The van der Waals surface area contributed by atoms with Crippen LogP contribution >= 0.6 is 34.8 Å². The first-order valence-corrected chi connectivity index (χ1v) is 8.49. The molecule has 0 aromatic carbocycles. The van der Waals surface area contributed by atoms with Gasteiger partial charge in [-0.3, -0.25) is 5.43 Å². The largest absolute Gasteiger partial charge is 0.476 e. The molecule has 0 aliphatic carbocycles. The van der Waals surface area contributed by atoms with Gasteiger partial charge in [-0.05, 0) is 6.92 Å². The van der Waals surface area contributed by atoms with E-state index in [2.05, 4.69) is 15.5 Å². The molecule has 1 aliphatic rings. The molecule has 0 spiro atoms. The minimum absolute atomic E-state index is 0.0232. The van der Waals surface area contributed by atoms with Gasteiger partial charge in [-0.15, -0.1) is 0 Å². The number of carbonyl (C=O) groups excluding carboxylic acids is 1. The Kier molecular flexibility index (Phi) is 6.69. The number of carbonyl (C=O) groups is 2. The first kappa shape index (κ1) is 19.6. The first-order chi connectivity index (χ1) is 11.8. The number of hydrogen-bond donors (Lipinski definition) is 2. The van der Waals surface area contributed by atoms with E-state index in [0.29, 0.717) is 32.5 Å². The lowest BCUT2D eigenvalue weighted by atomic mass is 10.1. The molecule has 0 atom stereocenters. The van der Waals surface area contributed by atoms with Crippen LogP contribution in [0.1, 0.15) is 30.3 Å². The molecule has 0 saturated carbocycles. The molecule has 1 aliphatic heterocycles. The summed E-state index contributed by atoms with van der Waals surface area (Å²) in [6, 6.07) is 0. The third-order valence-electron chi connectivity index (χ3n) is 3.43. The van der Waals surface area contributed by atoms with E-state index >= 15 is 0 Å². The van der Waals surface area contributed by atoms with E-state index in [4.69, 9.17) is 44.6 Å². The zero-order valence-electron chi connectivity index (χ0n) is 13.2. The Balaban J connectivity index is 2.10. The lowest BCUT2D eigenvalue weighted by Gasteiger charge is -2.26. The lowest BCUT2D eigenvalue weighted by molar-refractivity contribution is 0.0690. The molecule has 2 heterocycles. The lowest BCUT2D eigenvalue weighted by Crippen LogP contribution is -2.39. The van der Waals surface area contributed by atoms with Crippen LogP contribution in [0.15, 0.2) is 5.10 Å². The number of ether oxygens (including phenoxy) is 1. The summed E-state index contributed by atoms with van der Waals surface area (Å²) >= 11 is 17.9. The van der Waals surface area contributed by atoms with Crippen LogP contribution < -0.4 is 5.43 Å². The minimum atomic E-state index is -1.33. The number of aromatic nitrogens is 1. The van der Waals surface area contributed by atoms with Crippen molar-refractivity contribution >= 4 is 58.3 Å². The topological polar surface area (TPSA) is 104 Å². The maximum absolute atomic E-state index is 11.6. The molecule has 1 aromatic heterocycles. The van der Waals surface area contributed by atoms with Crippen molar-refractivity contribution in [2.45, 2.75) is 19.8 Å². The normalized spacial score (nSPS) is 14.2. The van der Waals surface area contributed by atoms with Crippen LogP contribution in [0.25, 0.3) is 0 Å². The second-order valence-corrected chi connectivity index (χ2v) is 6.15. The molecule has 0 unspecified atom stereocenters. The molecule has 2 N–H and O–H groups in total. The van der Waals surface area contributed by atoms with E-state index in [0.717, 1.165) is 5.71 Å². The van der Waals surface area contributed by atoms with Crippen LogP contribution in [0.3, 0.4) is 0 Å². The van der Waals surface area contributed by atoms with Crippen molar-refractivity contribution in [3.63, 3.8) is 0 Å². The zero-order valence-corrected chi connectivity index (χ0v) is 15.5. The molecule has 11 heteroatoms. The van der Waals surface area contributed by atoms with E-state index < -0.39 is 11.7 Å². The van der Waals surface area contributed by atoms with Crippen molar-refractivity contribution in [3.8, 4) is 0 Å². The van der Waals surface area contributed by atoms with Gasteiger partial charge in [0.2, 0.25) is 0 Å². The number of aromatic carboxylic acids is 1. The number of piperidine rings is 1. The molecule has 1 amide bonds. The molecular weight excluding hydrogens is 395 g/mol. The number of nitrogens with zero attached hydrogens (tertiary/aromatic N) is 3. The molecule has 2 rings (SSSR count). The number of pyridine rings is 1. The monoisotopic (exact) mass is 408 g/mol. The second-order valence-electron chi connectivity index (χ2n) is 5.04. The van der Waals surface area contributed by atoms with E-state index in [1.165, 1.54) is 0 Å². The van der Waals surface area contributed by atoms with Crippen LogP contribution in [-0.2, 0) is 4.74 Å². The number of likely N-dealkylation sites (tertiary alicyclic amines) is 1. The summed E-state index contributed by atoms with van der Waals surface area (Å²) in [4.78, 5) is 28.0. The number of halogens is 3. The molecular formula is C14H15Cl3N4O4. The van der Waals surface area contributed by atoms with Crippen molar-refractivity contribution in [1.82, 2.24) is 9.88 Å². The fraction of sp³-hybridized carbons (Fsp3) is 0.429. The van der Waals surface area contributed by atoms with Gasteiger partial charge in [0.25, 0.3) is 0 Å². The predicted molar refractivity (Wildman–Crippen MR) is 95.1 cm³/mol. The highest BCUT2D eigenvalue weighted by atomic mass is 35.5. The van der Waals surface area contributed by atoms with Crippen molar-refractivity contribution in [2.24, 2.45) is 5.10 Å². The summed E-state index contributed by atoms with van der Waals surface area (Å²) in [6.45, 7) is 3.01. The van der Waals surface area contributed by atoms with Crippen molar-refractivity contribution in [3.05, 3.63) is 20.9 Å². The molecule has 1 aromatic rings. The highest BCUT2D eigenvalue weighted by Crippen LogP contribution is 2.37. The molecule has 0 bridgehead atoms. The van der Waals surface area contributed by atoms with Crippen molar-refractivity contribution in [2.75, 3.05) is 25.1 Å². The van der Waals surface area contributed by atoms with Crippen LogP contribution in [0.4, 0.5) is 10.5 Å². The summed E-state index contributed by atoms with van der Waals surface area (Å²) in [7, 11) is 0. The van der Waals surface area contributed by atoms with Crippen LogP contribution in [-0.4, -0.2) is 52.5 Å². The number of hydrogen-bond acceptors (Lipinski definition) is 6. The molecule has 0 radical (unpaired) electrons. The van der Waals surface area contributed by atoms with Crippen LogP contribution in [0.2, 0.25) is 15.2 Å². The number of carboxylic acids is 1. The summed E-state index contributed by atoms with van der Waals surface area (Å²) < 4.78 is 4.95. The maximum Gasteiger partial charge on any atom is 0.409 e. The van der Waals surface area contributed by atoms with E-state index in [1.807, 2.05) is 0 Å². The van der Waals surface area contributed by atoms with Gasteiger partial charge < -0.3 is 14.7 Å². The van der Waals surface area contributed by atoms with Gasteiger partial charge in [0.15, 0.2) is 10.8 Å². The first-order valence-electron chi connectivity index (χ1n) is 7.36. The molecule has 1 fully saturated rings. The third kappa shape index (κ3) is 4.65. The number of carboxylic acid groups (broad SMARTS) is 1. The fourth-order valence-corrected chi connectivity index (χ4v) is 2.83. The van der Waals surface area contributed by atoms with Gasteiger partial charge in [-0.25, -0.2) is 14.6 Å². The number of amides is 1. The van der Waals surface area contributed by atoms with Crippen molar-refractivity contribution in [1.29, 1.82) is 0 Å². The van der Waals surface area contributed by atoms with E-state index in [-0.39, 0.29) is 27.0 Å². The maximum atomic E-state index is 11.6. The van der Waals surface area contributed by atoms with E-state index in [1.54, 1.807) is 11.8 Å². The highest BCUT2D eigenvalue weighted by molar-refractivity contribution is 6.46. The Bertz CT molecular complexity index is 717. The number of anilines is 1. The average molecular weight is 410 g/mol. The van der Waals surface area contributed by atoms with Crippen LogP contribution in [0, 0.1) is 0 Å². The van der Waals surface area contributed by atoms with E-state index in [9.17, 15) is 9.59 Å². The van der Waals surface area contributed by atoms with Crippen molar-refractivity contribution < 1.29 is 19.4 Å². The average Bonchev–Trinajstić information content (AvgIpc) is 2.58. The summed E-state index contributed by atoms with van der Waals surface area (Å²) in [6.07, 6.45) is 0.713. The summed E-state index contributed by atoms with van der Waals surface area (Å²) in [5.74, 6) is -1.33. The molecule has 1 saturated heterocycles. The van der Waals surface area contributed by atoms with Gasteiger partial charge in [-0.2, -0.15) is 5.10 Å². The Morgan fingerprint density at radius 3 is 2.48 bits per heavy atom. The summed E-state index contributed by atoms with van der Waals surface area (Å²) in [5, 5.41) is 12.9. The molecule has 136 valence electrons. The Labute approximate surface area is 158 Å². The fourth-order valence-electron chi connectivity index (χ4n) is 2.16. The van der Waals surface area contributed by atoms with Gasteiger partial charge in [-0.1, -0.05) is 34.8 Å². The quantitative estimate of drug-likeness (QED) is 0.579. The second kappa shape index (κ2) is 8.55. The Hall–Kier alpha value is -1.77. The third-order valence-corrected chi connectivity index (χ3v) is 4.54. The number of hydrazone groups is 1. The molecule has 25 heavy (non-hydrogen) atoms. The van der Waals surface area contributed by atoms with Gasteiger partial charge >= 0.3 is 12.1 Å². The predicted octanol–water partition coefficient (Wildman–Crippen LogP) is 3.76. The standard InChI is InChI=1S/C14H15Cl3N4O4/c1-2-25-14(24)21-5-3-7(4-6-21)19-20-10-8(15)11(13(22)23)18-12(17)9(10)16/h2-6H2,1H3,(H,18,20)(H,22,23). The Morgan fingerprint density at radius 2 is 1.92 bits per heavy atom. The molecule has 8 nitrogen and oxygen atoms in total. The number of nitrogens with one attached hydrogen (secondary N) is 1.